The third kappa shape index (κ3) is 4.13. The first-order valence-electron chi connectivity index (χ1n) is 4.80. The Bertz CT molecular complexity index is 355. The number of nitrogens with zero attached hydrogens (tertiary/aromatic N) is 1. The van der Waals surface area contributed by atoms with Crippen molar-refractivity contribution in [2.75, 3.05) is 11.9 Å². The van der Waals surface area contributed by atoms with Crippen molar-refractivity contribution in [3.8, 4) is 0 Å². The van der Waals surface area contributed by atoms with Crippen LogP contribution in [0.1, 0.15) is 18.9 Å². The summed E-state index contributed by atoms with van der Waals surface area (Å²) in [5.41, 5.74) is 1.11. The molecule has 0 radical (unpaired) electrons. The maximum absolute atomic E-state index is 5.11. The molecule has 0 aliphatic heterocycles. The van der Waals surface area contributed by atoms with Crippen molar-refractivity contribution in [3.63, 3.8) is 0 Å². The second kappa shape index (κ2) is 6.02. The fourth-order valence-corrected chi connectivity index (χ4v) is 1.78. The molecule has 2 N–H and O–H groups in total. The van der Waals surface area contributed by atoms with Gasteiger partial charge in [0.05, 0.1) is 4.47 Å². The zero-order valence-electron chi connectivity index (χ0n) is 8.80. The van der Waals surface area contributed by atoms with Crippen molar-refractivity contribution < 1.29 is 0 Å². The molecule has 5 heteroatoms. The average Bonchev–Trinajstić information content (AvgIpc) is 2.19. The standard InChI is InChI=1S/C10H14BrN3S/c1-3-4-12-10(15)14-9-8(11)5-7(2)6-13-9/h5-6H,3-4H2,1-2H3,(H2,12,13,14,15). The molecule has 0 unspecified atom stereocenters. The number of aromatic nitrogens is 1. The molecule has 1 aromatic rings. The molecule has 1 heterocycles. The van der Waals surface area contributed by atoms with Crippen LogP contribution < -0.4 is 10.6 Å². The number of halogens is 1. The van der Waals surface area contributed by atoms with E-state index in [1.54, 1.807) is 6.20 Å². The van der Waals surface area contributed by atoms with Gasteiger partial charge in [0.2, 0.25) is 0 Å². The third-order valence-corrected chi connectivity index (χ3v) is 2.60. The molecule has 0 spiro atoms. The van der Waals surface area contributed by atoms with Crippen LogP contribution in [0.15, 0.2) is 16.7 Å². The summed E-state index contributed by atoms with van der Waals surface area (Å²) in [6, 6.07) is 2.00. The van der Waals surface area contributed by atoms with E-state index in [4.69, 9.17) is 12.2 Å². The van der Waals surface area contributed by atoms with Gasteiger partial charge in [-0.3, -0.25) is 0 Å². The Labute approximate surface area is 104 Å². The molecule has 0 amide bonds. The van der Waals surface area contributed by atoms with E-state index in [-0.39, 0.29) is 0 Å². The van der Waals surface area contributed by atoms with Gasteiger partial charge in [-0.05, 0) is 53.1 Å². The van der Waals surface area contributed by atoms with E-state index in [0.29, 0.717) is 5.11 Å². The molecule has 1 aromatic heterocycles. The molecule has 0 aliphatic rings. The number of aryl methyl sites for hydroxylation is 1. The number of pyridine rings is 1. The molecule has 0 atom stereocenters. The average molecular weight is 288 g/mol. The van der Waals surface area contributed by atoms with E-state index in [0.717, 1.165) is 28.8 Å². The van der Waals surface area contributed by atoms with Gasteiger partial charge in [0, 0.05) is 12.7 Å². The first-order chi connectivity index (χ1) is 7.13. The lowest BCUT2D eigenvalue weighted by atomic mass is 10.3. The van der Waals surface area contributed by atoms with Crippen molar-refractivity contribution >= 4 is 39.1 Å². The highest BCUT2D eigenvalue weighted by Gasteiger charge is 2.02. The predicted molar refractivity (Wildman–Crippen MR) is 71.2 cm³/mol. The highest BCUT2D eigenvalue weighted by Crippen LogP contribution is 2.20. The molecule has 0 saturated carbocycles. The first-order valence-corrected chi connectivity index (χ1v) is 6.00. The monoisotopic (exact) mass is 287 g/mol. The molecular weight excluding hydrogens is 274 g/mol. The Morgan fingerprint density at radius 2 is 2.33 bits per heavy atom. The molecule has 0 aliphatic carbocycles. The molecule has 0 fully saturated rings. The van der Waals surface area contributed by atoms with E-state index in [2.05, 4.69) is 38.5 Å². The number of thiocarbonyl (C=S) groups is 1. The topological polar surface area (TPSA) is 37.0 Å². The van der Waals surface area contributed by atoms with E-state index >= 15 is 0 Å². The lowest BCUT2D eigenvalue weighted by Crippen LogP contribution is -2.29. The van der Waals surface area contributed by atoms with Gasteiger partial charge in [0.25, 0.3) is 0 Å². The van der Waals surface area contributed by atoms with Gasteiger partial charge in [-0.15, -0.1) is 0 Å². The van der Waals surface area contributed by atoms with Crippen LogP contribution in [0.5, 0.6) is 0 Å². The Kier molecular flexibility index (Phi) is 4.98. The van der Waals surface area contributed by atoms with Crippen molar-refractivity contribution in [1.29, 1.82) is 0 Å². The molecule has 15 heavy (non-hydrogen) atoms. The van der Waals surface area contributed by atoms with Crippen molar-refractivity contribution in [2.45, 2.75) is 20.3 Å². The van der Waals surface area contributed by atoms with Gasteiger partial charge in [0.1, 0.15) is 5.82 Å². The van der Waals surface area contributed by atoms with Crippen molar-refractivity contribution in [2.24, 2.45) is 0 Å². The first kappa shape index (κ1) is 12.4. The highest BCUT2D eigenvalue weighted by molar-refractivity contribution is 9.10. The summed E-state index contributed by atoms with van der Waals surface area (Å²) < 4.78 is 0.920. The molecule has 0 aromatic carbocycles. The second-order valence-electron chi connectivity index (χ2n) is 3.22. The Hall–Kier alpha value is -0.680. The zero-order valence-corrected chi connectivity index (χ0v) is 11.2. The fourth-order valence-electron chi connectivity index (χ4n) is 1.02. The van der Waals surface area contributed by atoms with E-state index in [9.17, 15) is 0 Å². The summed E-state index contributed by atoms with van der Waals surface area (Å²) in [5.74, 6) is 0.745. The maximum atomic E-state index is 5.11. The number of anilines is 1. The minimum absolute atomic E-state index is 0.605. The maximum Gasteiger partial charge on any atom is 0.171 e. The van der Waals surface area contributed by atoms with Crippen LogP contribution in [0.2, 0.25) is 0 Å². The lowest BCUT2D eigenvalue weighted by Gasteiger charge is -2.10. The summed E-state index contributed by atoms with van der Waals surface area (Å²) in [5, 5.41) is 6.72. The minimum atomic E-state index is 0.605. The smallest absolute Gasteiger partial charge is 0.171 e. The quantitative estimate of drug-likeness (QED) is 0.839. The molecule has 0 saturated heterocycles. The van der Waals surface area contributed by atoms with Crippen LogP contribution >= 0.6 is 28.1 Å². The van der Waals surface area contributed by atoms with Crippen LogP contribution in [-0.4, -0.2) is 16.6 Å². The van der Waals surface area contributed by atoms with Gasteiger partial charge in [-0.25, -0.2) is 4.98 Å². The van der Waals surface area contributed by atoms with Crippen molar-refractivity contribution in [3.05, 3.63) is 22.3 Å². The number of hydrogen-bond donors (Lipinski definition) is 2. The van der Waals surface area contributed by atoms with Gasteiger partial charge in [0.15, 0.2) is 5.11 Å². The number of hydrogen-bond acceptors (Lipinski definition) is 2. The second-order valence-corrected chi connectivity index (χ2v) is 4.49. The summed E-state index contributed by atoms with van der Waals surface area (Å²) in [7, 11) is 0. The Morgan fingerprint density at radius 1 is 1.60 bits per heavy atom. The van der Waals surface area contributed by atoms with E-state index in [1.807, 2.05) is 13.0 Å². The zero-order chi connectivity index (χ0) is 11.3. The fraction of sp³-hybridized carbons (Fsp3) is 0.400. The lowest BCUT2D eigenvalue weighted by molar-refractivity contribution is 0.846. The summed E-state index contributed by atoms with van der Waals surface area (Å²) in [4.78, 5) is 4.24. The van der Waals surface area contributed by atoms with Crippen LogP contribution in [0.3, 0.4) is 0 Å². The van der Waals surface area contributed by atoms with E-state index < -0.39 is 0 Å². The van der Waals surface area contributed by atoms with Crippen molar-refractivity contribution in [1.82, 2.24) is 10.3 Å². The SMILES string of the molecule is CCCNC(=S)Nc1ncc(C)cc1Br. The highest BCUT2D eigenvalue weighted by atomic mass is 79.9. The third-order valence-electron chi connectivity index (χ3n) is 1.75. The molecule has 3 nitrogen and oxygen atoms in total. The van der Waals surface area contributed by atoms with Gasteiger partial charge in [-0.2, -0.15) is 0 Å². The minimum Gasteiger partial charge on any atom is -0.362 e. The summed E-state index contributed by atoms with van der Waals surface area (Å²) in [6.45, 7) is 4.96. The normalized spacial score (nSPS) is 9.80. The predicted octanol–water partition coefficient (Wildman–Crippen LogP) is 2.85. The largest absolute Gasteiger partial charge is 0.362 e. The Balaban J connectivity index is 2.60. The number of rotatable bonds is 3. The van der Waals surface area contributed by atoms with Gasteiger partial charge >= 0.3 is 0 Å². The summed E-state index contributed by atoms with van der Waals surface area (Å²) >= 11 is 8.54. The molecule has 0 bridgehead atoms. The van der Waals surface area contributed by atoms with Crippen LogP contribution in [-0.2, 0) is 0 Å². The van der Waals surface area contributed by atoms with Crippen LogP contribution in [0.25, 0.3) is 0 Å². The molecule has 1 rings (SSSR count). The van der Waals surface area contributed by atoms with Crippen LogP contribution in [0, 0.1) is 6.92 Å². The van der Waals surface area contributed by atoms with Gasteiger partial charge < -0.3 is 10.6 Å². The van der Waals surface area contributed by atoms with Crippen LogP contribution in [0.4, 0.5) is 5.82 Å². The summed E-state index contributed by atoms with van der Waals surface area (Å²) in [6.07, 6.45) is 2.85. The molecule has 82 valence electrons. The Morgan fingerprint density at radius 3 is 2.93 bits per heavy atom. The molecular formula is C10H14BrN3S. The van der Waals surface area contributed by atoms with E-state index in [1.165, 1.54) is 0 Å². The number of nitrogens with one attached hydrogen (secondary N) is 2. The van der Waals surface area contributed by atoms with Gasteiger partial charge in [-0.1, -0.05) is 6.92 Å².